The van der Waals surface area contributed by atoms with E-state index in [9.17, 15) is 9.59 Å². The summed E-state index contributed by atoms with van der Waals surface area (Å²) in [6.45, 7) is 2.16. The van der Waals surface area contributed by atoms with Crippen LogP contribution >= 0.6 is 0 Å². The molecular formula is C21H26N4O2. The zero-order valence-electron chi connectivity index (χ0n) is 15.5. The highest BCUT2D eigenvalue weighted by atomic mass is 16.2. The van der Waals surface area contributed by atoms with Crippen LogP contribution in [0.15, 0.2) is 47.5 Å². The van der Waals surface area contributed by atoms with Gasteiger partial charge in [-0.05, 0) is 48.4 Å². The van der Waals surface area contributed by atoms with Gasteiger partial charge in [-0.25, -0.2) is 14.6 Å². The molecule has 2 aliphatic rings. The van der Waals surface area contributed by atoms with Crippen LogP contribution in [0.3, 0.4) is 0 Å². The molecule has 1 aromatic carbocycles. The first kappa shape index (κ1) is 17.8. The minimum atomic E-state index is -0.276. The van der Waals surface area contributed by atoms with Gasteiger partial charge in [0.2, 0.25) is 0 Å². The summed E-state index contributed by atoms with van der Waals surface area (Å²) in [6.07, 6.45) is 9.56. The van der Waals surface area contributed by atoms with Gasteiger partial charge < -0.3 is 10.2 Å². The van der Waals surface area contributed by atoms with Gasteiger partial charge in [-0.2, -0.15) is 0 Å². The summed E-state index contributed by atoms with van der Waals surface area (Å²) >= 11 is 0. The number of urea groups is 1. The van der Waals surface area contributed by atoms with E-state index in [4.69, 9.17) is 0 Å². The Morgan fingerprint density at radius 1 is 1.15 bits per heavy atom. The van der Waals surface area contributed by atoms with Crippen molar-refractivity contribution in [3.05, 3.63) is 58.8 Å². The van der Waals surface area contributed by atoms with Crippen LogP contribution in [0, 0.1) is 11.8 Å². The van der Waals surface area contributed by atoms with Crippen LogP contribution < -0.4 is 11.0 Å². The minimum absolute atomic E-state index is 0.0188. The second kappa shape index (κ2) is 7.94. The van der Waals surface area contributed by atoms with Gasteiger partial charge in [-0.15, -0.1) is 0 Å². The molecular weight excluding hydrogens is 340 g/mol. The number of aromatic nitrogens is 2. The fourth-order valence-electron chi connectivity index (χ4n) is 4.44. The Kier molecular flexibility index (Phi) is 5.23. The smallest absolute Gasteiger partial charge is 0.324 e. The summed E-state index contributed by atoms with van der Waals surface area (Å²) < 4.78 is 1.55. The quantitative estimate of drug-likeness (QED) is 0.906. The number of nitrogens with one attached hydrogen (secondary N) is 1. The molecule has 4 rings (SSSR count). The number of anilines is 1. The summed E-state index contributed by atoms with van der Waals surface area (Å²) in [5.74, 6) is 1.48. The highest BCUT2D eigenvalue weighted by molar-refractivity contribution is 5.89. The number of rotatable bonds is 3. The number of nitrogens with zero attached hydrogens (tertiary/aromatic N) is 3. The van der Waals surface area contributed by atoms with Gasteiger partial charge in [0.15, 0.2) is 0 Å². The van der Waals surface area contributed by atoms with Crippen LogP contribution in [0.1, 0.15) is 37.7 Å². The average molecular weight is 366 g/mol. The Balaban J connectivity index is 1.40. The molecule has 6 heteroatoms. The van der Waals surface area contributed by atoms with Crippen molar-refractivity contribution in [2.75, 3.05) is 18.4 Å². The highest BCUT2D eigenvalue weighted by Crippen LogP contribution is 2.36. The van der Waals surface area contributed by atoms with E-state index >= 15 is 0 Å². The fourth-order valence-corrected chi connectivity index (χ4v) is 4.44. The van der Waals surface area contributed by atoms with Crippen molar-refractivity contribution in [2.45, 2.75) is 38.6 Å². The number of fused-ring (bicyclic) bond motifs is 1. The van der Waals surface area contributed by atoms with Crippen LogP contribution in [0.2, 0.25) is 0 Å². The van der Waals surface area contributed by atoms with E-state index in [-0.39, 0.29) is 11.7 Å². The number of carbonyl (C=O) groups is 1. The maximum atomic E-state index is 12.7. The van der Waals surface area contributed by atoms with E-state index in [0.29, 0.717) is 12.5 Å². The third-order valence-electron chi connectivity index (χ3n) is 5.89. The Morgan fingerprint density at radius 2 is 2.00 bits per heavy atom. The molecule has 0 unspecified atom stereocenters. The summed E-state index contributed by atoms with van der Waals surface area (Å²) in [6, 6.07) is 9.38. The molecule has 2 heterocycles. The number of likely N-dealkylation sites (tertiary alicyclic amines) is 1. The second-order valence-corrected chi connectivity index (χ2v) is 7.70. The van der Waals surface area contributed by atoms with Gasteiger partial charge in [-0.1, -0.05) is 31.4 Å². The molecule has 0 bridgehead atoms. The van der Waals surface area contributed by atoms with Crippen molar-refractivity contribution < 1.29 is 4.79 Å². The van der Waals surface area contributed by atoms with E-state index in [0.717, 1.165) is 36.7 Å². The lowest BCUT2D eigenvalue weighted by Gasteiger charge is -2.41. The maximum absolute atomic E-state index is 12.7. The maximum Gasteiger partial charge on any atom is 0.347 e. The van der Waals surface area contributed by atoms with Gasteiger partial charge in [0.25, 0.3) is 0 Å². The Bertz CT molecular complexity index is 863. The average Bonchev–Trinajstić information content (AvgIpc) is 2.70. The normalized spacial score (nSPS) is 22.1. The molecule has 142 valence electrons. The monoisotopic (exact) mass is 366 g/mol. The number of hydrogen-bond acceptors (Lipinski definition) is 3. The van der Waals surface area contributed by atoms with Gasteiger partial charge in [0.05, 0.1) is 6.54 Å². The van der Waals surface area contributed by atoms with Crippen LogP contribution in [-0.2, 0) is 6.54 Å². The fraction of sp³-hybridized carbons (Fsp3) is 0.476. The van der Waals surface area contributed by atoms with E-state index in [1.54, 1.807) is 16.8 Å². The predicted octanol–water partition coefficient (Wildman–Crippen LogP) is 3.34. The zero-order valence-corrected chi connectivity index (χ0v) is 15.5. The summed E-state index contributed by atoms with van der Waals surface area (Å²) in [5, 5.41) is 3.03. The first-order valence-electron chi connectivity index (χ1n) is 9.85. The molecule has 1 saturated heterocycles. The van der Waals surface area contributed by atoms with Gasteiger partial charge in [0, 0.05) is 31.2 Å². The third kappa shape index (κ3) is 4.21. The largest absolute Gasteiger partial charge is 0.347 e. The molecule has 2 atom stereocenters. The molecule has 1 aliphatic carbocycles. The molecule has 1 aliphatic heterocycles. The summed E-state index contributed by atoms with van der Waals surface area (Å²) in [4.78, 5) is 30.2. The predicted molar refractivity (Wildman–Crippen MR) is 105 cm³/mol. The first-order chi connectivity index (χ1) is 13.2. The number of amides is 2. The molecule has 2 amide bonds. The zero-order chi connectivity index (χ0) is 18.6. The molecule has 1 saturated carbocycles. The lowest BCUT2D eigenvalue weighted by atomic mass is 9.75. The summed E-state index contributed by atoms with van der Waals surface area (Å²) in [7, 11) is 0. The van der Waals surface area contributed by atoms with Crippen LogP contribution in [0.25, 0.3) is 0 Å². The number of hydrogen-bond donors (Lipinski definition) is 1. The molecule has 27 heavy (non-hydrogen) atoms. The van der Waals surface area contributed by atoms with E-state index in [1.165, 1.54) is 31.9 Å². The number of benzene rings is 1. The molecule has 2 fully saturated rings. The Morgan fingerprint density at radius 3 is 2.85 bits per heavy atom. The standard InChI is InChI=1S/C21H26N4O2/c26-20-22-10-4-11-24(20)14-16-5-3-8-19(13-16)23-21(27)25-12-9-17-6-1-2-7-18(17)15-25/h3-5,8,10-11,13,17-18H,1-2,6-7,9,12,14-15H2,(H,23,27)/t17-,18-/m0/s1. The van der Waals surface area contributed by atoms with Gasteiger partial charge >= 0.3 is 11.7 Å². The van der Waals surface area contributed by atoms with Crippen LogP contribution in [-0.4, -0.2) is 33.6 Å². The first-order valence-corrected chi connectivity index (χ1v) is 9.85. The lowest BCUT2D eigenvalue weighted by Crippen LogP contribution is -2.46. The SMILES string of the molecule is O=C(Nc1cccc(Cn2cccnc2=O)c1)N1CC[C@@H]2CCCC[C@H]2C1. The number of carbonyl (C=O) groups excluding carboxylic acids is 1. The van der Waals surface area contributed by atoms with E-state index in [1.807, 2.05) is 29.2 Å². The van der Waals surface area contributed by atoms with Crippen LogP contribution in [0.5, 0.6) is 0 Å². The number of piperidine rings is 1. The van der Waals surface area contributed by atoms with Crippen molar-refractivity contribution in [2.24, 2.45) is 11.8 Å². The van der Waals surface area contributed by atoms with E-state index in [2.05, 4.69) is 10.3 Å². The van der Waals surface area contributed by atoms with Crippen molar-refractivity contribution in [1.29, 1.82) is 0 Å². The second-order valence-electron chi connectivity index (χ2n) is 7.70. The lowest BCUT2D eigenvalue weighted by molar-refractivity contribution is 0.108. The molecule has 1 aromatic heterocycles. The van der Waals surface area contributed by atoms with E-state index < -0.39 is 0 Å². The van der Waals surface area contributed by atoms with Crippen molar-refractivity contribution >= 4 is 11.7 Å². The summed E-state index contributed by atoms with van der Waals surface area (Å²) in [5.41, 5.74) is 1.44. The molecule has 6 nitrogen and oxygen atoms in total. The Hall–Kier alpha value is -2.63. The van der Waals surface area contributed by atoms with Gasteiger partial charge in [0.1, 0.15) is 0 Å². The third-order valence-corrected chi connectivity index (χ3v) is 5.89. The molecule has 0 spiro atoms. The van der Waals surface area contributed by atoms with Crippen LogP contribution in [0.4, 0.5) is 10.5 Å². The topological polar surface area (TPSA) is 67.2 Å². The van der Waals surface area contributed by atoms with Gasteiger partial charge in [-0.3, -0.25) is 4.57 Å². The molecule has 2 aromatic rings. The minimum Gasteiger partial charge on any atom is -0.324 e. The highest BCUT2D eigenvalue weighted by Gasteiger charge is 2.32. The van der Waals surface area contributed by atoms with Crippen molar-refractivity contribution in [3.63, 3.8) is 0 Å². The molecule has 0 radical (unpaired) electrons. The molecule has 1 N–H and O–H groups in total. The Labute approximate surface area is 159 Å². The van der Waals surface area contributed by atoms with Crippen molar-refractivity contribution in [3.8, 4) is 0 Å². The van der Waals surface area contributed by atoms with Crippen molar-refractivity contribution in [1.82, 2.24) is 14.5 Å².